The second-order valence-corrected chi connectivity index (χ2v) is 13.5. The van der Waals surface area contributed by atoms with Crippen LogP contribution in [0.5, 0.6) is 0 Å². The molecule has 0 aromatic rings. The van der Waals surface area contributed by atoms with Gasteiger partial charge in [0, 0.05) is 25.2 Å². The Morgan fingerprint density at radius 2 is 1.66 bits per heavy atom. The van der Waals surface area contributed by atoms with Gasteiger partial charge in [0.2, 0.25) is 17.7 Å². The molecule has 212 valence electrons. The summed E-state index contributed by atoms with van der Waals surface area (Å²) in [5, 5.41) is 10.2. The Balaban J connectivity index is 1.88. The highest BCUT2D eigenvalue weighted by atomic mass is 16.5. The zero-order valence-electron chi connectivity index (χ0n) is 24.5. The Hall–Kier alpha value is -2.19. The van der Waals surface area contributed by atoms with E-state index in [4.69, 9.17) is 4.74 Å². The summed E-state index contributed by atoms with van der Waals surface area (Å²) in [6.45, 7) is 17.5. The van der Waals surface area contributed by atoms with E-state index in [0.29, 0.717) is 26.1 Å². The number of carbonyl (C=O) groups is 3. The van der Waals surface area contributed by atoms with E-state index >= 15 is 0 Å². The van der Waals surface area contributed by atoms with Crippen LogP contribution in [0.15, 0.2) is 24.3 Å². The predicted molar refractivity (Wildman–Crippen MR) is 146 cm³/mol. The minimum atomic E-state index is -1.29. The molecule has 8 heteroatoms. The van der Waals surface area contributed by atoms with Gasteiger partial charge >= 0.3 is 0 Å². The van der Waals surface area contributed by atoms with E-state index in [1.54, 1.807) is 6.92 Å². The van der Waals surface area contributed by atoms with Crippen LogP contribution in [0.2, 0.25) is 0 Å². The highest BCUT2D eigenvalue weighted by Crippen LogP contribution is 2.59. The van der Waals surface area contributed by atoms with Crippen molar-refractivity contribution >= 4 is 17.7 Å². The molecular formula is C30H47N3O5. The van der Waals surface area contributed by atoms with E-state index in [0.717, 1.165) is 12.8 Å². The van der Waals surface area contributed by atoms with Crippen LogP contribution in [0.25, 0.3) is 0 Å². The third-order valence-corrected chi connectivity index (χ3v) is 8.89. The van der Waals surface area contributed by atoms with Gasteiger partial charge in [-0.2, -0.15) is 0 Å². The highest BCUT2D eigenvalue weighted by molar-refractivity contribution is 6.00. The van der Waals surface area contributed by atoms with E-state index in [9.17, 15) is 19.5 Å². The lowest BCUT2D eigenvalue weighted by Gasteiger charge is -2.45. The molecule has 4 heterocycles. The van der Waals surface area contributed by atoms with E-state index in [2.05, 4.69) is 34.6 Å². The van der Waals surface area contributed by atoms with E-state index in [1.807, 2.05) is 48.0 Å². The van der Waals surface area contributed by atoms with E-state index < -0.39 is 40.7 Å². The Labute approximate surface area is 228 Å². The monoisotopic (exact) mass is 529 g/mol. The first kappa shape index (κ1) is 28.8. The number of hydrogen-bond donors (Lipinski definition) is 1. The fraction of sp³-hybridized carbons (Fsp3) is 0.767. The number of carbonyl (C=O) groups excluding carboxylic acids is 3. The molecule has 2 fully saturated rings. The number of aliphatic hydroxyl groups excluding tert-OH is 1. The van der Waals surface area contributed by atoms with Crippen molar-refractivity contribution in [1.29, 1.82) is 0 Å². The zero-order chi connectivity index (χ0) is 28.3. The van der Waals surface area contributed by atoms with Crippen molar-refractivity contribution in [3.63, 3.8) is 0 Å². The normalized spacial score (nSPS) is 34.3. The number of ether oxygens (including phenoxy) is 1. The van der Waals surface area contributed by atoms with Gasteiger partial charge in [0.1, 0.15) is 11.6 Å². The van der Waals surface area contributed by atoms with Gasteiger partial charge in [-0.3, -0.25) is 14.4 Å². The van der Waals surface area contributed by atoms with Crippen LogP contribution in [0.1, 0.15) is 74.7 Å². The lowest BCUT2D eigenvalue weighted by Crippen LogP contribution is -2.61. The number of likely N-dealkylation sites (tertiary alicyclic amines) is 1. The molecule has 0 radical (unpaired) electrons. The first-order valence-electron chi connectivity index (χ1n) is 14.3. The average molecular weight is 530 g/mol. The molecule has 1 unspecified atom stereocenters. The molecule has 4 aliphatic rings. The highest BCUT2D eigenvalue weighted by Gasteiger charge is 2.76. The summed E-state index contributed by atoms with van der Waals surface area (Å²) in [4.78, 5) is 48.3. The van der Waals surface area contributed by atoms with Crippen LogP contribution < -0.4 is 0 Å². The summed E-state index contributed by atoms with van der Waals surface area (Å²) >= 11 is 0. The molecule has 1 spiro atoms. The molecular weight excluding hydrogens is 482 g/mol. The van der Waals surface area contributed by atoms with Crippen LogP contribution in [0, 0.1) is 17.3 Å². The SMILES string of the molecule is CCCN1CC=C[C@@]2(CC)O[C@]34C=CCN(C(C)(C)CC(C)(C)C)C(=O)C3N([C@H](C)CO)C(=O)[C@@H]4[C@H]2C1=O. The summed E-state index contributed by atoms with van der Waals surface area (Å²) in [5.74, 6) is -2.16. The molecule has 38 heavy (non-hydrogen) atoms. The third-order valence-electron chi connectivity index (χ3n) is 8.89. The fourth-order valence-electron chi connectivity index (χ4n) is 7.72. The Bertz CT molecular complexity index is 1030. The van der Waals surface area contributed by atoms with Gasteiger partial charge in [-0.1, -0.05) is 58.9 Å². The Morgan fingerprint density at radius 1 is 1.00 bits per heavy atom. The van der Waals surface area contributed by atoms with E-state index in [1.165, 1.54) is 4.90 Å². The number of aliphatic hydroxyl groups is 1. The predicted octanol–water partition coefficient (Wildman–Crippen LogP) is 3.15. The summed E-state index contributed by atoms with van der Waals surface area (Å²) in [6.07, 6.45) is 9.87. The first-order chi connectivity index (χ1) is 17.7. The molecule has 0 bridgehead atoms. The molecule has 2 saturated heterocycles. The quantitative estimate of drug-likeness (QED) is 0.512. The Morgan fingerprint density at radius 3 is 2.24 bits per heavy atom. The molecule has 4 aliphatic heterocycles. The van der Waals surface area contributed by atoms with Crippen LogP contribution in [-0.2, 0) is 19.1 Å². The molecule has 1 N–H and O–H groups in total. The second kappa shape index (κ2) is 9.77. The molecule has 0 aromatic carbocycles. The van der Waals surface area contributed by atoms with Crippen molar-refractivity contribution in [2.75, 3.05) is 26.2 Å². The van der Waals surface area contributed by atoms with Gasteiger partial charge in [0.15, 0.2) is 0 Å². The number of nitrogens with zero attached hydrogens (tertiary/aromatic N) is 3. The standard InChI is InChI=1S/C30H47N3O5/c1-9-15-31-16-11-13-29(10-2)21(24(31)35)22-25(36)33(20(3)18-34)23-26(37)32(17-12-14-30(22,23)38-29)28(7,8)19-27(4,5)6/h11-14,20-23,34H,9-10,15-19H2,1-8H3/t20-,21+,22+,23?,29-,30+/m1/s1. The van der Waals surface area contributed by atoms with Crippen molar-refractivity contribution in [2.45, 2.75) is 103 Å². The van der Waals surface area contributed by atoms with Crippen molar-refractivity contribution in [3.8, 4) is 0 Å². The van der Waals surface area contributed by atoms with Gasteiger partial charge in [0.25, 0.3) is 0 Å². The topological polar surface area (TPSA) is 90.4 Å². The maximum absolute atomic E-state index is 14.6. The van der Waals surface area contributed by atoms with Gasteiger partial charge in [-0.25, -0.2) is 0 Å². The maximum Gasteiger partial charge on any atom is 0.249 e. The number of fused-ring (bicyclic) bond motifs is 2. The van der Waals surface area contributed by atoms with Crippen molar-refractivity contribution in [1.82, 2.24) is 14.7 Å². The zero-order valence-corrected chi connectivity index (χ0v) is 24.5. The second-order valence-electron chi connectivity index (χ2n) is 13.5. The average Bonchev–Trinajstić information content (AvgIpc) is 3.12. The van der Waals surface area contributed by atoms with Gasteiger partial charge in [0.05, 0.1) is 30.1 Å². The summed E-state index contributed by atoms with van der Waals surface area (Å²) in [5.41, 5.74) is -2.78. The summed E-state index contributed by atoms with van der Waals surface area (Å²) in [6, 6.07) is -1.56. The largest absolute Gasteiger partial charge is 0.394 e. The fourth-order valence-corrected chi connectivity index (χ4v) is 7.72. The maximum atomic E-state index is 14.6. The Kier molecular flexibility index (Phi) is 7.41. The molecule has 8 nitrogen and oxygen atoms in total. The van der Waals surface area contributed by atoms with E-state index in [-0.39, 0.29) is 29.7 Å². The van der Waals surface area contributed by atoms with Crippen LogP contribution in [0.3, 0.4) is 0 Å². The molecule has 6 atom stereocenters. The molecule has 4 rings (SSSR count). The van der Waals surface area contributed by atoms with Crippen molar-refractivity contribution < 1.29 is 24.2 Å². The third kappa shape index (κ3) is 4.32. The van der Waals surface area contributed by atoms with Crippen LogP contribution >= 0.6 is 0 Å². The number of hydrogen-bond acceptors (Lipinski definition) is 5. The minimum Gasteiger partial charge on any atom is -0.394 e. The van der Waals surface area contributed by atoms with Gasteiger partial charge in [-0.05, 0) is 45.4 Å². The summed E-state index contributed by atoms with van der Waals surface area (Å²) < 4.78 is 6.99. The molecule has 0 saturated carbocycles. The van der Waals surface area contributed by atoms with Crippen LogP contribution in [-0.4, -0.2) is 92.6 Å². The molecule has 3 amide bonds. The smallest absolute Gasteiger partial charge is 0.249 e. The molecule has 0 aromatic heterocycles. The first-order valence-corrected chi connectivity index (χ1v) is 14.3. The van der Waals surface area contributed by atoms with Crippen molar-refractivity contribution in [2.24, 2.45) is 17.3 Å². The number of amides is 3. The lowest BCUT2D eigenvalue weighted by molar-refractivity contribution is -0.160. The summed E-state index contributed by atoms with van der Waals surface area (Å²) in [7, 11) is 0. The van der Waals surface area contributed by atoms with Gasteiger partial charge < -0.3 is 24.5 Å². The molecule has 0 aliphatic carbocycles. The van der Waals surface area contributed by atoms with Crippen LogP contribution in [0.4, 0.5) is 0 Å². The minimum absolute atomic E-state index is 0.0210. The number of rotatable bonds is 7. The lowest BCUT2D eigenvalue weighted by atomic mass is 9.72. The van der Waals surface area contributed by atoms with Gasteiger partial charge in [-0.15, -0.1) is 0 Å². The van der Waals surface area contributed by atoms with Crippen molar-refractivity contribution in [3.05, 3.63) is 24.3 Å².